The SMILES string of the molecule is CC(C)[C@@H](C)NC(=O)[C@H]1CN(S(=O)(=O)c2ccccc2)c2cc(Cl)ccc2O1. The van der Waals surface area contributed by atoms with Crippen molar-refractivity contribution in [1.29, 1.82) is 0 Å². The topological polar surface area (TPSA) is 75.7 Å². The molecule has 1 aliphatic rings. The van der Waals surface area contributed by atoms with E-state index >= 15 is 0 Å². The van der Waals surface area contributed by atoms with Crippen molar-refractivity contribution in [2.45, 2.75) is 37.8 Å². The van der Waals surface area contributed by atoms with Crippen molar-refractivity contribution in [3.63, 3.8) is 0 Å². The minimum absolute atomic E-state index is 0.0677. The molecule has 150 valence electrons. The predicted molar refractivity (Wildman–Crippen MR) is 109 cm³/mol. The Bertz CT molecular complexity index is 963. The average Bonchev–Trinajstić information content (AvgIpc) is 2.67. The number of sulfonamides is 1. The number of hydrogen-bond acceptors (Lipinski definition) is 4. The lowest BCUT2D eigenvalue weighted by atomic mass is 10.1. The van der Waals surface area contributed by atoms with Crippen LogP contribution >= 0.6 is 11.6 Å². The molecule has 1 aliphatic heterocycles. The van der Waals surface area contributed by atoms with Gasteiger partial charge in [0, 0.05) is 11.1 Å². The standard InChI is InChI=1S/C20H23ClN2O4S/c1-13(2)14(3)22-20(24)19-12-23(17-11-15(21)9-10-18(17)27-19)28(25,26)16-7-5-4-6-8-16/h4-11,13-14,19H,12H2,1-3H3,(H,22,24)/t14-,19-/m1/s1. The van der Waals surface area contributed by atoms with E-state index in [1.807, 2.05) is 20.8 Å². The molecule has 0 saturated heterocycles. The summed E-state index contributed by atoms with van der Waals surface area (Å²) in [6, 6.07) is 12.7. The van der Waals surface area contributed by atoms with Crippen LogP contribution in [-0.4, -0.2) is 33.0 Å². The molecule has 1 amide bonds. The number of rotatable bonds is 5. The molecule has 2 aromatic rings. The Hall–Kier alpha value is -2.25. The predicted octanol–water partition coefficient (Wildman–Crippen LogP) is 3.46. The molecule has 0 saturated carbocycles. The molecule has 0 unspecified atom stereocenters. The molecule has 1 N–H and O–H groups in total. The van der Waals surface area contributed by atoms with E-state index in [1.54, 1.807) is 30.3 Å². The van der Waals surface area contributed by atoms with E-state index in [1.165, 1.54) is 22.5 Å². The van der Waals surface area contributed by atoms with Crippen molar-refractivity contribution in [3.05, 3.63) is 53.6 Å². The van der Waals surface area contributed by atoms with Crippen molar-refractivity contribution in [2.24, 2.45) is 5.92 Å². The van der Waals surface area contributed by atoms with Crippen molar-refractivity contribution >= 4 is 33.2 Å². The maximum absolute atomic E-state index is 13.3. The largest absolute Gasteiger partial charge is 0.476 e. The summed E-state index contributed by atoms with van der Waals surface area (Å²) < 4.78 is 33.5. The van der Waals surface area contributed by atoms with Gasteiger partial charge in [0.15, 0.2) is 6.10 Å². The van der Waals surface area contributed by atoms with Gasteiger partial charge in [0.2, 0.25) is 0 Å². The molecule has 0 bridgehead atoms. The van der Waals surface area contributed by atoms with Crippen LogP contribution in [0, 0.1) is 5.92 Å². The number of amides is 1. The zero-order valence-electron chi connectivity index (χ0n) is 15.9. The van der Waals surface area contributed by atoms with Crippen molar-refractivity contribution in [1.82, 2.24) is 5.32 Å². The maximum Gasteiger partial charge on any atom is 0.264 e. The second-order valence-corrected chi connectivity index (χ2v) is 9.41. The van der Waals surface area contributed by atoms with Crippen molar-refractivity contribution in [3.8, 4) is 5.75 Å². The Morgan fingerprint density at radius 3 is 2.50 bits per heavy atom. The quantitative estimate of drug-likeness (QED) is 0.800. The van der Waals surface area contributed by atoms with E-state index in [9.17, 15) is 13.2 Å². The third-order valence-electron chi connectivity index (χ3n) is 4.78. The van der Waals surface area contributed by atoms with Gasteiger partial charge in [0.1, 0.15) is 5.75 Å². The van der Waals surface area contributed by atoms with Crippen LogP contribution in [0.25, 0.3) is 0 Å². The Morgan fingerprint density at radius 2 is 1.86 bits per heavy atom. The number of hydrogen-bond donors (Lipinski definition) is 1. The maximum atomic E-state index is 13.3. The molecule has 0 radical (unpaired) electrons. The number of fused-ring (bicyclic) bond motifs is 1. The van der Waals surface area contributed by atoms with E-state index in [2.05, 4.69) is 5.32 Å². The molecular formula is C20H23ClN2O4S. The Balaban J connectivity index is 1.99. The lowest BCUT2D eigenvalue weighted by Crippen LogP contribution is -2.52. The summed E-state index contributed by atoms with van der Waals surface area (Å²) in [5, 5.41) is 3.27. The van der Waals surface area contributed by atoms with Gasteiger partial charge < -0.3 is 10.1 Å². The van der Waals surface area contributed by atoms with E-state index in [-0.39, 0.29) is 29.3 Å². The number of nitrogens with one attached hydrogen (secondary N) is 1. The molecule has 6 nitrogen and oxygen atoms in total. The molecule has 2 aromatic carbocycles. The van der Waals surface area contributed by atoms with Gasteiger partial charge in [-0.2, -0.15) is 0 Å². The van der Waals surface area contributed by atoms with Gasteiger partial charge in [0.25, 0.3) is 15.9 Å². The van der Waals surface area contributed by atoms with Crippen molar-refractivity contribution < 1.29 is 17.9 Å². The lowest BCUT2D eigenvalue weighted by molar-refractivity contribution is -0.128. The number of carbonyl (C=O) groups excluding carboxylic acids is 1. The number of halogens is 1. The van der Waals surface area contributed by atoms with Crippen LogP contribution < -0.4 is 14.4 Å². The Morgan fingerprint density at radius 1 is 1.18 bits per heavy atom. The molecule has 0 spiro atoms. The third-order valence-corrected chi connectivity index (χ3v) is 6.81. The Labute approximate surface area is 170 Å². The number of carbonyl (C=O) groups is 1. The van der Waals surface area contributed by atoms with Gasteiger partial charge in [-0.05, 0) is 43.2 Å². The average molecular weight is 423 g/mol. The minimum atomic E-state index is -3.89. The van der Waals surface area contributed by atoms with E-state index in [0.29, 0.717) is 16.5 Å². The van der Waals surface area contributed by atoms with Crippen LogP contribution in [0.15, 0.2) is 53.4 Å². The summed E-state index contributed by atoms with van der Waals surface area (Å²) in [5.74, 6) is 0.186. The monoisotopic (exact) mass is 422 g/mol. The highest BCUT2D eigenvalue weighted by atomic mass is 35.5. The second kappa shape index (κ2) is 8.01. The fraction of sp³-hybridized carbons (Fsp3) is 0.350. The van der Waals surface area contributed by atoms with Crippen LogP contribution in [0.3, 0.4) is 0 Å². The van der Waals surface area contributed by atoms with Gasteiger partial charge >= 0.3 is 0 Å². The molecule has 3 rings (SSSR count). The van der Waals surface area contributed by atoms with Gasteiger partial charge in [-0.15, -0.1) is 0 Å². The van der Waals surface area contributed by atoms with E-state index in [0.717, 1.165) is 0 Å². The molecule has 0 aromatic heterocycles. The second-order valence-electron chi connectivity index (χ2n) is 7.11. The van der Waals surface area contributed by atoms with Crippen LogP contribution in [-0.2, 0) is 14.8 Å². The summed E-state index contributed by atoms with van der Waals surface area (Å²) in [6.45, 7) is 5.76. The summed E-state index contributed by atoms with van der Waals surface area (Å²) in [5.41, 5.74) is 0.317. The van der Waals surface area contributed by atoms with Gasteiger partial charge in [-0.3, -0.25) is 9.10 Å². The molecule has 0 aliphatic carbocycles. The summed E-state index contributed by atoms with van der Waals surface area (Å²) in [7, 11) is -3.89. The van der Waals surface area contributed by atoms with Crippen molar-refractivity contribution in [2.75, 3.05) is 10.8 Å². The molecule has 8 heteroatoms. The molecular weight excluding hydrogens is 400 g/mol. The van der Waals surface area contributed by atoms with Crippen LogP contribution in [0.5, 0.6) is 5.75 Å². The normalized spacial score (nSPS) is 17.6. The van der Waals surface area contributed by atoms with Gasteiger partial charge in [0.05, 0.1) is 17.1 Å². The number of ether oxygens (including phenoxy) is 1. The summed E-state index contributed by atoms with van der Waals surface area (Å²) in [4.78, 5) is 12.9. The number of anilines is 1. The highest BCUT2D eigenvalue weighted by molar-refractivity contribution is 7.92. The summed E-state index contributed by atoms with van der Waals surface area (Å²) >= 11 is 6.08. The number of benzene rings is 2. The van der Waals surface area contributed by atoms with Gasteiger partial charge in [-0.25, -0.2) is 8.42 Å². The smallest absolute Gasteiger partial charge is 0.264 e. The van der Waals surface area contributed by atoms with Crippen LogP contribution in [0.4, 0.5) is 5.69 Å². The molecule has 1 heterocycles. The van der Waals surface area contributed by atoms with E-state index in [4.69, 9.17) is 16.3 Å². The highest BCUT2D eigenvalue weighted by Crippen LogP contribution is 2.38. The first-order valence-electron chi connectivity index (χ1n) is 9.04. The van der Waals surface area contributed by atoms with Gasteiger partial charge in [-0.1, -0.05) is 43.6 Å². The number of nitrogens with zero attached hydrogens (tertiary/aromatic N) is 1. The zero-order chi connectivity index (χ0) is 20.5. The van der Waals surface area contributed by atoms with E-state index < -0.39 is 16.1 Å². The zero-order valence-corrected chi connectivity index (χ0v) is 17.5. The summed E-state index contributed by atoms with van der Waals surface area (Å²) in [6.07, 6.45) is -0.964. The molecule has 28 heavy (non-hydrogen) atoms. The first kappa shape index (κ1) is 20.5. The third kappa shape index (κ3) is 4.10. The van der Waals surface area contributed by atoms with Crippen LogP contribution in [0.1, 0.15) is 20.8 Å². The fourth-order valence-electron chi connectivity index (χ4n) is 2.79. The molecule has 2 atom stereocenters. The first-order chi connectivity index (χ1) is 13.2. The first-order valence-corrected chi connectivity index (χ1v) is 10.9. The van der Waals surface area contributed by atoms with Crippen LogP contribution in [0.2, 0.25) is 5.02 Å². The minimum Gasteiger partial charge on any atom is -0.476 e. The molecule has 0 fully saturated rings. The highest BCUT2D eigenvalue weighted by Gasteiger charge is 2.38. The lowest BCUT2D eigenvalue weighted by Gasteiger charge is -2.35. The fourth-order valence-corrected chi connectivity index (χ4v) is 4.45. The Kier molecular flexibility index (Phi) is 5.86.